The molecule has 0 amide bonds. The topological polar surface area (TPSA) is 46.0 Å². The molecule has 0 atom stereocenters. The zero-order chi connectivity index (χ0) is 11.7. The second-order valence-corrected chi connectivity index (χ2v) is 10.0. The Balaban J connectivity index is 3.43. The second-order valence-electron chi connectivity index (χ2n) is 4.41. The molecule has 0 aromatic heterocycles. The van der Waals surface area contributed by atoms with Crippen molar-refractivity contribution in [2.75, 3.05) is 13.3 Å². The molecule has 0 spiro atoms. The van der Waals surface area contributed by atoms with Crippen LogP contribution in [0.4, 0.5) is 0 Å². The molecule has 0 aromatic carbocycles. The van der Waals surface area contributed by atoms with E-state index < -0.39 is 8.07 Å². The third kappa shape index (κ3) is 11.0. The number of nitrogens with one attached hydrogen (secondary N) is 1. The van der Waals surface area contributed by atoms with Gasteiger partial charge in [0.15, 0.2) is 0 Å². The second kappa shape index (κ2) is 7.36. The van der Waals surface area contributed by atoms with Crippen molar-refractivity contribution in [1.29, 1.82) is 0 Å². The zero-order valence-electron chi connectivity index (χ0n) is 9.92. The molecule has 0 bridgehead atoms. The van der Waals surface area contributed by atoms with E-state index in [0.29, 0.717) is 12.6 Å². The van der Waals surface area contributed by atoms with Gasteiger partial charge in [-0.3, -0.25) is 4.99 Å². The van der Waals surface area contributed by atoms with Crippen molar-refractivity contribution in [3.05, 3.63) is 12.4 Å². The molecule has 0 saturated carbocycles. The first-order valence-electron chi connectivity index (χ1n) is 4.94. The number of ether oxygens (including phenoxy) is 1. The molecule has 0 radical (unpaired) electrons. The van der Waals surface area contributed by atoms with Gasteiger partial charge >= 0.3 is 0 Å². The number of aliphatic imine (C=N–C) groups is 2. The molecule has 0 aliphatic rings. The fourth-order valence-electron chi connectivity index (χ4n) is 0.741. The normalized spacial score (nSPS) is 11.7. The number of hydrogen-bond donors (Lipinski definition) is 1. The summed E-state index contributed by atoms with van der Waals surface area (Å²) in [7, 11) is -0.983. The van der Waals surface area contributed by atoms with Gasteiger partial charge in [-0.1, -0.05) is 26.2 Å². The highest BCUT2D eigenvalue weighted by Gasteiger charge is 2.11. The molecule has 0 saturated heterocycles. The summed E-state index contributed by atoms with van der Waals surface area (Å²) in [5.74, 6) is 0.537. The van der Waals surface area contributed by atoms with Crippen molar-refractivity contribution in [3.8, 4) is 0 Å². The van der Waals surface area contributed by atoms with E-state index >= 15 is 0 Å². The minimum Gasteiger partial charge on any atom is -0.362 e. The van der Waals surface area contributed by atoms with Crippen LogP contribution < -0.4 is 5.32 Å². The van der Waals surface area contributed by atoms with Gasteiger partial charge in [-0.2, -0.15) is 0 Å². The van der Waals surface area contributed by atoms with Gasteiger partial charge in [0, 0.05) is 14.7 Å². The van der Waals surface area contributed by atoms with Gasteiger partial charge in [0.25, 0.3) is 0 Å². The Morgan fingerprint density at radius 2 is 2.13 bits per heavy atom. The van der Waals surface area contributed by atoms with Crippen LogP contribution in [0.15, 0.2) is 22.4 Å². The third-order valence-corrected chi connectivity index (χ3v) is 3.37. The lowest BCUT2D eigenvalue weighted by atomic mass is 10.8. The third-order valence-electron chi connectivity index (χ3n) is 1.67. The number of hydrogen-bond acceptors (Lipinski definition) is 3. The smallest absolute Gasteiger partial charge is 0.122 e. The van der Waals surface area contributed by atoms with Crippen molar-refractivity contribution >= 4 is 21.1 Å². The fourth-order valence-corrected chi connectivity index (χ4v) is 1.50. The summed E-state index contributed by atoms with van der Waals surface area (Å²) in [4.78, 5) is 7.33. The molecular formula is C10H21N3OSi. The quantitative estimate of drug-likeness (QED) is 0.227. The van der Waals surface area contributed by atoms with E-state index in [0.717, 1.165) is 6.61 Å². The summed E-state index contributed by atoms with van der Waals surface area (Å²) in [6.45, 7) is 15.1. The summed E-state index contributed by atoms with van der Waals surface area (Å²) in [6.07, 6.45) is 1.34. The monoisotopic (exact) mass is 227 g/mol. The van der Waals surface area contributed by atoms with E-state index in [1.54, 1.807) is 0 Å². The standard InChI is InChI=1S/C10H21N3OSi/c1-10(12-8-11-2)13-9-14-6-7-15(3,4)5/h8,13H,1-2,6-7,9H2,3-5H3/b12-8-. The van der Waals surface area contributed by atoms with Crippen LogP contribution in [0.1, 0.15) is 0 Å². The highest BCUT2D eigenvalue weighted by molar-refractivity contribution is 6.76. The Hall–Kier alpha value is -0.943. The highest BCUT2D eigenvalue weighted by Crippen LogP contribution is 2.07. The largest absolute Gasteiger partial charge is 0.362 e. The van der Waals surface area contributed by atoms with Crippen LogP contribution in [0.25, 0.3) is 0 Å². The minimum atomic E-state index is -0.983. The minimum absolute atomic E-state index is 0.442. The molecule has 0 rings (SSSR count). The molecular weight excluding hydrogens is 206 g/mol. The van der Waals surface area contributed by atoms with Crippen molar-refractivity contribution in [1.82, 2.24) is 5.32 Å². The summed E-state index contributed by atoms with van der Waals surface area (Å²) in [5, 5.41) is 2.92. The van der Waals surface area contributed by atoms with E-state index in [2.05, 4.69) is 48.2 Å². The van der Waals surface area contributed by atoms with E-state index in [9.17, 15) is 0 Å². The van der Waals surface area contributed by atoms with Crippen LogP contribution in [0.3, 0.4) is 0 Å². The molecule has 0 heterocycles. The Bertz CT molecular complexity index is 233. The van der Waals surface area contributed by atoms with E-state index in [1.807, 2.05) is 0 Å². The van der Waals surface area contributed by atoms with Crippen molar-refractivity contribution < 1.29 is 4.74 Å². The highest BCUT2D eigenvalue weighted by atomic mass is 28.3. The Labute approximate surface area is 93.2 Å². The van der Waals surface area contributed by atoms with Crippen LogP contribution in [0.2, 0.25) is 25.7 Å². The molecule has 0 aliphatic carbocycles. The average Bonchev–Trinajstić information content (AvgIpc) is 2.12. The van der Waals surface area contributed by atoms with Gasteiger partial charge in [0.05, 0.1) is 0 Å². The van der Waals surface area contributed by atoms with Gasteiger partial charge in [0.1, 0.15) is 18.9 Å². The zero-order valence-corrected chi connectivity index (χ0v) is 10.9. The van der Waals surface area contributed by atoms with E-state index in [-0.39, 0.29) is 0 Å². The lowest BCUT2D eigenvalue weighted by Crippen LogP contribution is -2.24. The van der Waals surface area contributed by atoms with E-state index in [4.69, 9.17) is 4.74 Å². The van der Waals surface area contributed by atoms with Crippen LogP contribution in [0.5, 0.6) is 0 Å². The van der Waals surface area contributed by atoms with Gasteiger partial charge in [0.2, 0.25) is 0 Å². The van der Waals surface area contributed by atoms with Crippen LogP contribution in [-0.2, 0) is 4.74 Å². The molecule has 0 aromatic rings. The SMILES string of the molecule is C=N/C=N\C(=C)NCOCC[Si](C)(C)C. The summed E-state index contributed by atoms with van der Waals surface area (Å²) in [5.41, 5.74) is 0. The number of rotatable bonds is 8. The lowest BCUT2D eigenvalue weighted by Gasteiger charge is -2.15. The summed E-state index contributed by atoms with van der Waals surface area (Å²) < 4.78 is 5.40. The van der Waals surface area contributed by atoms with Gasteiger partial charge < -0.3 is 10.1 Å². The van der Waals surface area contributed by atoms with Crippen LogP contribution >= 0.6 is 0 Å². The fraction of sp³-hybridized carbons (Fsp3) is 0.600. The van der Waals surface area contributed by atoms with Gasteiger partial charge in [-0.05, 0) is 12.8 Å². The molecule has 1 N–H and O–H groups in total. The lowest BCUT2D eigenvalue weighted by molar-refractivity contribution is 0.135. The van der Waals surface area contributed by atoms with Crippen LogP contribution in [0, 0.1) is 0 Å². The molecule has 0 aliphatic heterocycles. The van der Waals surface area contributed by atoms with Crippen molar-refractivity contribution in [2.45, 2.75) is 25.7 Å². The van der Waals surface area contributed by atoms with Crippen molar-refractivity contribution in [2.24, 2.45) is 9.98 Å². The Morgan fingerprint density at radius 1 is 1.47 bits per heavy atom. The Kier molecular flexibility index (Phi) is 6.90. The van der Waals surface area contributed by atoms with Crippen molar-refractivity contribution in [3.63, 3.8) is 0 Å². The van der Waals surface area contributed by atoms with Gasteiger partial charge in [-0.25, -0.2) is 4.99 Å². The van der Waals surface area contributed by atoms with Crippen LogP contribution in [-0.4, -0.2) is 34.5 Å². The average molecular weight is 227 g/mol. The predicted molar refractivity (Wildman–Crippen MR) is 69.3 cm³/mol. The summed E-state index contributed by atoms with van der Waals surface area (Å²) >= 11 is 0. The molecule has 0 unspecified atom stereocenters. The Morgan fingerprint density at radius 3 is 2.67 bits per heavy atom. The molecule has 4 nitrogen and oxygen atoms in total. The molecule has 0 fully saturated rings. The first-order valence-corrected chi connectivity index (χ1v) is 8.65. The number of nitrogens with zero attached hydrogens (tertiary/aromatic N) is 2. The molecule has 5 heteroatoms. The predicted octanol–water partition coefficient (Wildman–Crippen LogP) is 2.09. The maximum atomic E-state index is 5.40. The summed E-state index contributed by atoms with van der Waals surface area (Å²) in [6, 6.07) is 1.17. The molecule has 15 heavy (non-hydrogen) atoms. The van der Waals surface area contributed by atoms with E-state index in [1.165, 1.54) is 12.4 Å². The maximum Gasteiger partial charge on any atom is 0.122 e. The maximum absolute atomic E-state index is 5.40. The van der Waals surface area contributed by atoms with Gasteiger partial charge in [-0.15, -0.1) is 0 Å². The first-order chi connectivity index (χ1) is 6.95. The first kappa shape index (κ1) is 14.1. The molecule has 86 valence electrons.